The van der Waals surface area contributed by atoms with Gasteiger partial charge in [0.1, 0.15) is 0 Å². The molecule has 1 fully saturated rings. The molecular weight excluding hydrogens is 274 g/mol. The van der Waals surface area contributed by atoms with Crippen molar-refractivity contribution in [2.45, 2.75) is 13.3 Å². The summed E-state index contributed by atoms with van der Waals surface area (Å²) in [7, 11) is 0. The lowest BCUT2D eigenvalue weighted by Crippen LogP contribution is -2.41. The number of nitrogens with one attached hydrogen (secondary N) is 1. The summed E-state index contributed by atoms with van der Waals surface area (Å²) in [5.74, 6) is -0.0360. The van der Waals surface area contributed by atoms with Crippen molar-refractivity contribution in [3.63, 3.8) is 0 Å². The minimum Gasteiger partial charge on any atom is -0.378 e. The molecule has 0 aliphatic carbocycles. The first kappa shape index (κ1) is 11.6. The Hall–Kier alpha value is -0.880. The van der Waals surface area contributed by atoms with Crippen molar-refractivity contribution in [1.29, 1.82) is 0 Å². The monoisotopic (exact) mass is 287 g/mol. The summed E-state index contributed by atoms with van der Waals surface area (Å²) >= 11 is 3.41. The van der Waals surface area contributed by atoms with Gasteiger partial charge in [-0.25, -0.2) is 0 Å². The SMILES string of the molecule is CCc1[nH]nc(C(=O)N2CCOCC2)c1Br. The average molecular weight is 288 g/mol. The molecule has 2 heterocycles. The second-order valence-corrected chi connectivity index (χ2v) is 4.42. The van der Waals surface area contributed by atoms with Crippen molar-refractivity contribution in [3.8, 4) is 0 Å². The Morgan fingerprint density at radius 3 is 2.81 bits per heavy atom. The smallest absolute Gasteiger partial charge is 0.275 e. The number of aromatic amines is 1. The molecule has 0 aromatic carbocycles. The van der Waals surface area contributed by atoms with Gasteiger partial charge in [0.2, 0.25) is 0 Å². The number of nitrogens with zero attached hydrogens (tertiary/aromatic N) is 2. The van der Waals surface area contributed by atoms with E-state index in [1.165, 1.54) is 0 Å². The number of carbonyl (C=O) groups is 1. The lowest BCUT2D eigenvalue weighted by atomic mass is 10.2. The lowest BCUT2D eigenvalue weighted by Gasteiger charge is -2.26. The lowest BCUT2D eigenvalue weighted by molar-refractivity contribution is 0.0298. The van der Waals surface area contributed by atoms with Crippen LogP contribution in [-0.4, -0.2) is 47.3 Å². The van der Waals surface area contributed by atoms with E-state index in [0.29, 0.717) is 32.0 Å². The zero-order valence-electron chi connectivity index (χ0n) is 9.12. The van der Waals surface area contributed by atoms with Gasteiger partial charge in [-0.3, -0.25) is 9.89 Å². The third-order valence-corrected chi connectivity index (χ3v) is 3.48. The van der Waals surface area contributed by atoms with Crippen LogP contribution in [0.1, 0.15) is 23.1 Å². The van der Waals surface area contributed by atoms with E-state index < -0.39 is 0 Å². The van der Waals surface area contributed by atoms with E-state index in [9.17, 15) is 4.79 Å². The van der Waals surface area contributed by atoms with E-state index >= 15 is 0 Å². The molecule has 1 saturated heterocycles. The minimum atomic E-state index is -0.0360. The van der Waals surface area contributed by atoms with E-state index in [2.05, 4.69) is 26.1 Å². The molecule has 0 atom stereocenters. The first-order chi connectivity index (χ1) is 7.74. The molecule has 0 radical (unpaired) electrons. The zero-order chi connectivity index (χ0) is 11.5. The molecule has 1 aliphatic heterocycles. The van der Waals surface area contributed by atoms with E-state index in [-0.39, 0.29) is 5.91 Å². The van der Waals surface area contributed by atoms with Crippen LogP contribution in [0.4, 0.5) is 0 Å². The predicted molar refractivity (Wildman–Crippen MR) is 62.4 cm³/mol. The van der Waals surface area contributed by atoms with Crippen molar-refractivity contribution in [2.75, 3.05) is 26.3 Å². The fourth-order valence-corrected chi connectivity index (χ4v) is 2.28. The maximum Gasteiger partial charge on any atom is 0.275 e. The maximum atomic E-state index is 12.1. The van der Waals surface area contributed by atoms with Crippen molar-refractivity contribution in [1.82, 2.24) is 15.1 Å². The molecular formula is C10H14BrN3O2. The second-order valence-electron chi connectivity index (χ2n) is 3.62. The van der Waals surface area contributed by atoms with E-state index in [0.717, 1.165) is 16.6 Å². The summed E-state index contributed by atoms with van der Waals surface area (Å²) in [6, 6.07) is 0. The Morgan fingerprint density at radius 1 is 1.56 bits per heavy atom. The van der Waals surface area contributed by atoms with Crippen LogP contribution in [0.15, 0.2) is 4.47 Å². The number of aryl methyl sites for hydroxylation is 1. The van der Waals surface area contributed by atoms with Crippen molar-refractivity contribution in [3.05, 3.63) is 15.9 Å². The van der Waals surface area contributed by atoms with Crippen molar-refractivity contribution < 1.29 is 9.53 Å². The number of ether oxygens (including phenoxy) is 1. The third-order valence-electron chi connectivity index (χ3n) is 2.63. The van der Waals surface area contributed by atoms with E-state index in [1.54, 1.807) is 4.90 Å². The number of hydrogen-bond donors (Lipinski definition) is 1. The van der Waals surface area contributed by atoms with Crippen LogP contribution in [-0.2, 0) is 11.2 Å². The molecule has 0 spiro atoms. The summed E-state index contributed by atoms with van der Waals surface area (Å²) in [4.78, 5) is 13.9. The van der Waals surface area contributed by atoms with Gasteiger partial charge in [-0.1, -0.05) is 6.92 Å². The standard InChI is InChI=1S/C10H14BrN3O2/c1-2-7-8(11)9(13-12-7)10(15)14-3-5-16-6-4-14/h2-6H2,1H3,(H,12,13). The minimum absolute atomic E-state index is 0.0360. The molecule has 16 heavy (non-hydrogen) atoms. The summed E-state index contributed by atoms with van der Waals surface area (Å²) < 4.78 is 5.99. The number of rotatable bonds is 2. The van der Waals surface area contributed by atoms with Gasteiger partial charge in [0.05, 0.1) is 17.7 Å². The average Bonchev–Trinajstić information content (AvgIpc) is 2.70. The summed E-state index contributed by atoms with van der Waals surface area (Å²) in [5.41, 5.74) is 1.43. The Labute approximate surface area is 102 Å². The normalized spacial score (nSPS) is 16.5. The van der Waals surface area contributed by atoms with Crippen LogP contribution in [0.3, 0.4) is 0 Å². The number of aromatic nitrogens is 2. The van der Waals surface area contributed by atoms with Crippen molar-refractivity contribution >= 4 is 21.8 Å². The molecule has 0 saturated carbocycles. The number of halogens is 1. The van der Waals surface area contributed by atoms with Crippen LogP contribution in [0, 0.1) is 0 Å². The third kappa shape index (κ3) is 2.12. The first-order valence-corrected chi connectivity index (χ1v) is 6.13. The Kier molecular flexibility index (Phi) is 3.60. The summed E-state index contributed by atoms with van der Waals surface area (Å²) in [6.45, 7) is 4.50. The Balaban J connectivity index is 2.16. The number of amides is 1. The molecule has 6 heteroatoms. The van der Waals surface area contributed by atoms with Gasteiger partial charge in [0.25, 0.3) is 5.91 Å². The van der Waals surface area contributed by atoms with Crippen molar-refractivity contribution in [2.24, 2.45) is 0 Å². The second kappa shape index (κ2) is 4.97. The summed E-state index contributed by atoms with van der Waals surface area (Å²) in [6.07, 6.45) is 0.823. The maximum absolute atomic E-state index is 12.1. The fraction of sp³-hybridized carbons (Fsp3) is 0.600. The van der Waals surface area contributed by atoms with E-state index in [4.69, 9.17) is 4.74 Å². The van der Waals surface area contributed by atoms with Gasteiger partial charge in [-0.05, 0) is 22.4 Å². The molecule has 1 N–H and O–H groups in total. The number of hydrogen-bond acceptors (Lipinski definition) is 3. The quantitative estimate of drug-likeness (QED) is 0.890. The molecule has 0 bridgehead atoms. The van der Waals surface area contributed by atoms with E-state index in [1.807, 2.05) is 6.92 Å². The topological polar surface area (TPSA) is 58.2 Å². The van der Waals surface area contributed by atoms with Crippen LogP contribution in [0.5, 0.6) is 0 Å². The molecule has 1 aliphatic rings. The molecule has 1 aromatic heterocycles. The van der Waals surface area contributed by atoms with Gasteiger partial charge in [-0.15, -0.1) is 0 Å². The van der Waals surface area contributed by atoms with Gasteiger partial charge in [0.15, 0.2) is 5.69 Å². The highest BCUT2D eigenvalue weighted by molar-refractivity contribution is 9.10. The molecule has 1 amide bonds. The molecule has 2 rings (SSSR count). The van der Waals surface area contributed by atoms with Gasteiger partial charge < -0.3 is 9.64 Å². The Bertz CT molecular complexity index is 385. The molecule has 88 valence electrons. The molecule has 5 nitrogen and oxygen atoms in total. The van der Waals surface area contributed by atoms with Gasteiger partial charge >= 0.3 is 0 Å². The van der Waals surface area contributed by atoms with Crippen LogP contribution in [0.25, 0.3) is 0 Å². The molecule has 0 unspecified atom stereocenters. The fourth-order valence-electron chi connectivity index (χ4n) is 1.66. The Morgan fingerprint density at radius 2 is 2.25 bits per heavy atom. The zero-order valence-corrected chi connectivity index (χ0v) is 10.7. The van der Waals surface area contributed by atoms with Gasteiger partial charge in [-0.2, -0.15) is 5.10 Å². The highest BCUT2D eigenvalue weighted by Crippen LogP contribution is 2.21. The van der Waals surface area contributed by atoms with Crippen LogP contribution >= 0.6 is 15.9 Å². The van der Waals surface area contributed by atoms with Crippen LogP contribution < -0.4 is 0 Å². The predicted octanol–water partition coefficient (Wildman–Crippen LogP) is 1.21. The highest BCUT2D eigenvalue weighted by atomic mass is 79.9. The number of carbonyl (C=O) groups excluding carboxylic acids is 1. The highest BCUT2D eigenvalue weighted by Gasteiger charge is 2.23. The van der Waals surface area contributed by atoms with Gasteiger partial charge in [0, 0.05) is 18.8 Å². The largest absolute Gasteiger partial charge is 0.378 e. The molecule has 1 aromatic rings. The number of H-pyrrole nitrogens is 1. The summed E-state index contributed by atoms with van der Waals surface area (Å²) in [5, 5.41) is 6.93. The van der Waals surface area contributed by atoms with Crippen LogP contribution in [0.2, 0.25) is 0 Å². The first-order valence-electron chi connectivity index (χ1n) is 5.33. The number of morpholine rings is 1.